The van der Waals surface area contributed by atoms with E-state index < -0.39 is 17.9 Å². The van der Waals surface area contributed by atoms with Crippen molar-refractivity contribution < 1.29 is 33.3 Å². The highest BCUT2D eigenvalue weighted by Gasteiger charge is 2.34. The normalized spacial score (nSPS) is 14.7. The van der Waals surface area contributed by atoms with Crippen molar-refractivity contribution in [2.75, 3.05) is 26.9 Å². The van der Waals surface area contributed by atoms with E-state index in [2.05, 4.69) is 4.99 Å². The van der Waals surface area contributed by atoms with Gasteiger partial charge in [-0.25, -0.2) is 9.79 Å². The number of carbonyl (C=O) groups is 2. The van der Waals surface area contributed by atoms with Gasteiger partial charge < -0.3 is 29.4 Å². The molecule has 4 rings (SSSR count). The summed E-state index contributed by atoms with van der Waals surface area (Å²) in [4.78, 5) is 43.5. The molecule has 0 bridgehead atoms. The van der Waals surface area contributed by atoms with Crippen LogP contribution >= 0.6 is 11.3 Å². The number of rotatable bonds is 12. The molecule has 0 aliphatic carbocycles. The Morgan fingerprint density at radius 2 is 1.79 bits per heavy atom. The first-order valence-corrected chi connectivity index (χ1v) is 14.6. The summed E-state index contributed by atoms with van der Waals surface area (Å²) in [5, 5.41) is 0. The predicted molar refractivity (Wildman–Crippen MR) is 161 cm³/mol. The number of benzene rings is 2. The Hall–Kier alpha value is -4.58. The van der Waals surface area contributed by atoms with Gasteiger partial charge in [0, 0.05) is 0 Å². The van der Waals surface area contributed by atoms with Gasteiger partial charge in [-0.05, 0) is 76.1 Å². The van der Waals surface area contributed by atoms with Gasteiger partial charge in [-0.15, -0.1) is 0 Å². The summed E-state index contributed by atoms with van der Waals surface area (Å²) >= 11 is 1.20. The summed E-state index contributed by atoms with van der Waals surface area (Å²) < 4.78 is 29.9. The molecule has 11 nitrogen and oxygen atoms in total. The number of aromatic nitrogens is 1. The number of nitrogens with two attached hydrogens (primary N) is 1. The second-order valence-electron chi connectivity index (χ2n) is 9.77. The molecule has 1 unspecified atom stereocenters. The molecule has 43 heavy (non-hydrogen) atoms. The lowest BCUT2D eigenvalue weighted by Crippen LogP contribution is -2.40. The maximum absolute atomic E-state index is 14.0. The number of carbonyl (C=O) groups excluding carboxylic acids is 2. The topological polar surface area (TPSA) is 141 Å². The molecular weight excluding hydrogens is 574 g/mol. The first-order valence-electron chi connectivity index (χ1n) is 13.8. The van der Waals surface area contributed by atoms with Gasteiger partial charge in [-0.2, -0.15) is 0 Å². The number of amides is 1. The van der Waals surface area contributed by atoms with Gasteiger partial charge in [0.05, 0.1) is 48.3 Å². The SMILES string of the molecule is CCOC(=O)C1=C(C)N=c2sc(=Cc3ccc(OCC(N)=O)c(OCC)c3)c(=O)n2C1c1ccc(OC(C)C)c(OC)c1. The first-order chi connectivity index (χ1) is 20.6. The van der Waals surface area contributed by atoms with Crippen LogP contribution in [0.4, 0.5) is 0 Å². The zero-order valence-electron chi connectivity index (χ0n) is 25.0. The third kappa shape index (κ3) is 6.91. The third-order valence-corrected chi connectivity index (χ3v) is 7.30. The summed E-state index contributed by atoms with van der Waals surface area (Å²) in [6.07, 6.45) is 1.63. The Morgan fingerprint density at radius 3 is 2.44 bits per heavy atom. The number of allylic oxidation sites excluding steroid dienone is 1. The lowest BCUT2D eigenvalue weighted by atomic mass is 9.95. The van der Waals surface area contributed by atoms with E-state index in [1.165, 1.54) is 23.0 Å². The van der Waals surface area contributed by atoms with Crippen LogP contribution in [0.15, 0.2) is 57.5 Å². The number of ether oxygens (including phenoxy) is 5. The molecule has 3 aromatic rings. The Kier molecular flexibility index (Phi) is 9.92. The minimum Gasteiger partial charge on any atom is -0.493 e. The van der Waals surface area contributed by atoms with E-state index in [1.807, 2.05) is 20.8 Å². The van der Waals surface area contributed by atoms with Crippen LogP contribution in [0.3, 0.4) is 0 Å². The highest BCUT2D eigenvalue weighted by atomic mass is 32.1. The number of fused-ring (bicyclic) bond motifs is 1. The van der Waals surface area contributed by atoms with Crippen molar-refractivity contribution in [3.63, 3.8) is 0 Å². The van der Waals surface area contributed by atoms with Gasteiger partial charge in [-0.3, -0.25) is 14.2 Å². The molecule has 0 saturated carbocycles. The number of hydrogen-bond donors (Lipinski definition) is 1. The van der Waals surface area contributed by atoms with Crippen LogP contribution < -0.4 is 39.6 Å². The van der Waals surface area contributed by atoms with E-state index in [0.717, 1.165) is 0 Å². The zero-order valence-corrected chi connectivity index (χ0v) is 25.8. The molecule has 1 aliphatic heterocycles. The second kappa shape index (κ2) is 13.6. The standard InChI is InChI=1S/C31H35N3O8S/c1-7-39-24-13-19(9-11-21(24)41-16-26(32)35)14-25-29(36)34-28(20-10-12-22(42-17(3)4)23(15-20)38-6)27(30(37)40-8-2)18(5)33-31(34)43-25/h9-15,17,28H,7-8,16H2,1-6H3,(H2,32,35). The fourth-order valence-corrected chi connectivity index (χ4v) is 5.66. The van der Waals surface area contributed by atoms with Crippen molar-refractivity contribution in [2.24, 2.45) is 10.7 Å². The molecule has 2 N–H and O–H groups in total. The Bertz CT molecular complexity index is 1740. The predicted octanol–water partition coefficient (Wildman–Crippen LogP) is 2.86. The molecule has 228 valence electrons. The van der Waals surface area contributed by atoms with Gasteiger partial charge in [0.25, 0.3) is 11.5 Å². The van der Waals surface area contributed by atoms with Gasteiger partial charge in [-0.1, -0.05) is 23.5 Å². The number of thiazole rings is 1. The zero-order chi connectivity index (χ0) is 31.3. The Morgan fingerprint density at radius 1 is 1.05 bits per heavy atom. The van der Waals surface area contributed by atoms with Crippen molar-refractivity contribution in [3.8, 4) is 23.0 Å². The van der Waals surface area contributed by atoms with Crippen LogP contribution in [0.25, 0.3) is 6.08 Å². The van der Waals surface area contributed by atoms with Gasteiger partial charge >= 0.3 is 5.97 Å². The average Bonchev–Trinajstić information content (AvgIpc) is 3.25. The maximum Gasteiger partial charge on any atom is 0.338 e. The van der Waals surface area contributed by atoms with Crippen molar-refractivity contribution in [3.05, 3.63) is 78.5 Å². The average molecular weight is 610 g/mol. The molecular formula is C31H35N3O8S. The summed E-state index contributed by atoms with van der Waals surface area (Å²) in [5.74, 6) is 0.595. The largest absolute Gasteiger partial charge is 0.493 e. The molecule has 2 heterocycles. The molecule has 0 saturated heterocycles. The quantitative estimate of drug-likeness (QED) is 0.309. The van der Waals surface area contributed by atoms with Crippen LogP contribution in [0.2, 0.25) is 0 Å². The molecule has 1 aromatic heterocycles. The fraction of sp³-hybridized carbons (Fsp3) is 0.355. The lowest BCUT2D eigenvalue weighted by molar-refractivity contribution is -0.139. The summed E-state index contributed by atoms with van der Waals surface area (Å²) in [6.45, 7) is 9.32. The lowest BCUT2D eigenvalue weighted by Gasteiger charge is -2.25. The first kappa shape index (κ1) is 31.4. The molecule has 2 aromatic carbocycles. The smallest absolute Gasteiger partial charge is 0.338 e. The van der Waals surface area contributed by atoms with Crippen molar-refractivity contribution in [2.45, 2.75) is 46.8 Å². The van der Waals surface area contributed by atoms with Crippen LogP contribution in [0, 0.1) is 0 Å². The van der Waals surface area contributed by atoms with Crippen LogP contribution in [-0.2, 0) is 14.3 Å². The molecule has 0 radical (unpaired) electrons. The van der Waals surface area contributed by atoms with Gasteiger partial charge in [0.15, 0.2) is 34.4 Å². The number of esters is 1. The van der Waals surface area contributed by atoms with E-state index in [1.54, 1.807) is 56.3 Å². The van der Waals surface area contributed by atoms with Crippen molar-refractivity contribution >= 4 is 29.3 Å². The van der Waals surface area contributed by atoms with Crippen LogP contribution in [0.1, 0.15) is 51.8 Å². The van der Waals surface area contributed by atoms with Gasteiger partial charge in [0.2, 0.25) is 0 Å². The van der Waals surface area contributed by atoms with E-state index >= 15 is 0 Å². The molecule has 1 atom stereocenters. The van der Waals surface area contributed by atoms with Crippen LogP contribution in [-0.4, -0.2) is 49.5 Å². The summed E-state index contributed by atoms with van der Waals surface area (Å²) in [6, 6.07) is 9.61. The molecule has 1 aliphatic rings. The minimum absolute atomic E-state index is 0.0818. The monoisotopic (exact) mass is 609 g/mol. The van der Waals surface area contributed by atoms with Crippen molar-refractivity contribution in [1.82, 2.24) is 4.57 Å². The molecule has 0 spiro atoms. The highest BCUT2D eigenvalue weighted by Crippen LogP contribution is 2.36. The fourth-order valence-electron chi connectivity index (χ4n) is 4.61. The van der Waals surface area contributed by atoms with E-state index in [9.17, 15) is 14.4 Å². The summed E-state index contributed by atoms with van der Waals surface area (Å²) in [7, 11) is 1.53. The Balaban J connectivity index is 1.88. The number of primary amides is 1. The van der Waals surface area contributed by atoms with Gasteiger partial charge in [0.1, 0.15) is 0 Å². The minimum atomic E-state index is -0.817. The molecule has 0 fully saturated rings. The number of hydrogen-bond acceptors (Lipinski definition) is 10. The van der Waals surface area contributed by atoms with E-state index in [4.69, 9.17) is 29.4 Å². The maximum atomic E-state index is 14.0. The second-order valence-corrected chi connectivity index (χ2v) is 10.8. The van der Waals surface area contributed by atoms with E-state index in [-0.39, 0.29) is 30.5 Å². The summed E-state index contributed by atoms with van der Waals surface area (Å²) in [5.41, 5.74) is 6.88. The highest BCUT2D eigenvalue weighted by molar-refractivity contribution is 7.07. The molecule has 1 amide bonds. The Labute approximate surface area is 252 Å². The molecule has 12 heteroatoms. The van der Waals surface area contributed by atoms with Crippen molar-refractivity contribution in [1.29, 1.82) is 0 Å². The van der Waals surface area contributed by atoms with Crippen LogP contribution in [0.5, 0.6) is 23.0 Å². The number of methoxy groups -OCH3 is 1. The third-order valence-electron chi connectivity index (χ3n) is 6.32. The number of nitrogens with zero attached hydrogens (tertiary/aromatic N) is 2. The van der Waals surface area contributed by atoms with E-state index in [0.29, 0.717) is 55.8 Å².